The third-order valence-corrected chi connectivity index (χ3v) is 3.42. The molecule has 1 N–H and O–H groups in total. The second kappa shape index (κ2) is 5.77. The fourth-order valence-corrected chi connectivity index (χ4v) is 1.95. The lowest BCUT2D eigenvalue weighted by Gasteiger charge is -2.08. The zero-order valence-electron chi connectivity index (χ0n) is 11.9. The molecule has 0 saturated heterocycles. The molecule has 0 aliphatic rings. The number of ether oxygens (including phenoxy) is 1. The third-order valence-electron chi connectivity index (χ3n) is 3.42. The van der Waals surface area contributed by atoms with Gasteiger partial charge in [0.2, 0.25) is 0 Å². The molecule has 0 atom stereocenters. The van der Waals surface area contributed by atoms with E-state index in [9.17, 15) is 4.79 Å². The van der Waals surface area contributed by atoms with Crippen molar-refractivity contribution in [2.45, 2.75) is 27.3 Å². The number of hydrogen-bond donors (Lipinski definition) is 1. The van der Waals surface area contributed by atoms with E-state index < -0.39 is 5.97 Å². The van der Waals surface area contributed by atoms with Crippen LogP contribution in [0, 0.1) is 20.8 Å². The molecule has 5 nitrogen and oxygen atoms in total. The van der Waals surface area contributed by atoms with Crippen molar-refractivity contribution in [1.82, 2.24) is 9.78 Å². The summed E-state index contributed by atoms with van der Waals surface area (Å²) in [7, 11) is 0. The molecular weight excluding hydrogens is 256 g/mol. The Bertz CT molecular complexity index is 615. The van der Waals surface area contributed by atoms with Crippen LogP contribution in [-0.2, 0) is 6.54 Å². The number of aromatic nitrogens is 2. The zero-order chi connectivity index (χ0) is 14.7. The van der Waals surface area contributed by atoms with Gasteiger partial charge in [0.15, 0.2) is 0 Å². The van der Waals surface area contributed by atoms with Gasteiger partial charge in [0.05, 0.1) is 17.8 Å². The van der Waals surface area contributed by atoms with Gasteiger partial charge in [0.1, 0.15) is 12.4 Å². The third kappa shape index (κ3) is 2.99. The van der Waals surface area contributed by atoms with E-state index in [1.54, 1.807) is 12.1 Å². The van der Waals surface area contributed by atoms with Crippen LogP contribution < -0.4 is 4.74 Å². The van der Waals surface area contributed by atoms with Crippen molar-refractivity contribution in [3.05, 3.63) is 46.8 Å². The molecule has 106 valence electrons. The maximum Gasteiger partial charge on any atom is 0.335 e. The number of carboxylic acids is 1. The Kier molecular flexibility index (Phi) is 4.08. The van der Waals surface area contributed by atoms with E-state index in [2.05, 4.69) is 12.0 Å². The molecule has 1 aromatic carbocycles. The van der Waals surface area contributed by atoms with Crippen LogP contribution in [0.15, 0.2) is 24.3 Å². The van der Waals surface area contributed by atoms with Gasteiger partial charge in [-0.15, -0.1) is 0 Å². The van der Waals surface area contributed by atoms with E-state index in [0.717, 1.165) is 11.4 Å². The Morgan fingerprint density at radius 3 is 2.40 bits per heavy atom. The van der Waals surface area contributed by atoms with Crippen molar-refractivity contribution in [2.24, 2.45) is 0 Å². The monoisotopic (exact) mass is 274 g/mol. The average Bonchev–Trinajstić information content (AvgIpc) is 2.67. The van der Waals surface area contributed by atoms with Crippen LogP contribution in [0.2, 0.25) is 0 Å². The van der Waals surface area contributed by atoms with Gasteiger partial charge in [-0.25, -0.2) is 4.79 Å². The highest BCUT2D eigenvalue weighted by atomic mass is 16.5. The first-order valence-corrected chi connectivity index (χ1v) is 6.46. The summed E-state index contributed by atoms with van der Waals surface area (Å²) in [5.41, 5.74) is 3.64. The minimum Gasteiger partial charge on any atom is -0.492 e. The SMILES string of the molecule is Cc1nn(CCOc2ccc(C(=O)O)cc2)c(C)c1C. The first kappa shape index (κ1) is 14.1. The van der Waals surface area contributed by atoms with Gasteiger partial charge in [0.25, 0.3) is 0 Å². The van der Waals surface area contributed by atoms with Gasteiger partial charge < -0.3 is 9.84 Å². The average molecular weight is 274 g/mol. The number of nitrogens with zero attached hydrogens (tertiary/aromatic N) is 2. The smallest absolute Gasteiger partial charge is 0.335 e. The molecule has 0 fully saturated rings. The Hall–Kier alpha value is -2.30. The molecule has 0 unspecified atom stereocenters. The maximum atomic E-state index is 10.7. The van der Waals surface area contributed by atoms with Crippen LogP contribution >= 0.6 is 0 Å². The highest BCUT2D eigenvalue weighted by Crippen LogP contribution is 2.13. The molecule has 2 aromatic rings. The predicted molar refractivity (Wildman–Crippen MR) is 75.3 cm³/mol. The fraction of sp³-hybridized carbons (Fsp3) is 0.333. The van der Waals surface area contributed by atoms with E-state index in [-0.39, 0.29) is 5.56 Å². The molecule has 5 heteroatoms. The largest absolute Gasteiger partial charge is 0.492 e. The second-order valence-electron chi connectivity index (χ2n) is 4.70. The summed E-state index contributed by atoms with van der Waals surface area (Å²) >= 11 is 0. The van der Waals surface area contributed by atoms with Crippen LogP contribution in [0.25, 0.3) is 0 Å². The van der Waals surface area contributed by atoms with Gasteiger partial charge in [-0.3, -0.25) is 4.68 Å². The van der Waals surface area contributed by atoms with Crippen molar-refractivity contribution in [1.29, 1.82) is 0 Å². The molecule has 0 spiro atoms. The fourth-order valence-electron chi connectivity index (χ4n) is 1.95. The van der Waals surface area contributed by atoms with Gasteiger partial charge in [0, 0.05) is 5.69 Å². The van der Waals surface area contributed by atoms with E-state index >= 15 is 0 Å². The first-order chi connectivity index (χ1) is 9.49. The van der Waals surface area contributed by atoms with Gasteiger partial charge in [-0.2, -0.15) is 5.10 Å². The molecular formula is C15H18N2O3. The van der Waals surface area contributed by atoms with Gasteiger partial charge in [-0.05, 0) is 50.6 Å². The summed E-state index contributed by atoms with van der Waals surface area (Å²) < 4.78 is 7.52. The molecule has 0 bridgehead atoms. The van der Waals surface area contributed by atoms with Crippen LogP contribution in [0.1, 0.15) is 27.3 Å². The minimum atomic E-state index is -0.935. The van der Waals surface area contributed by atoms with E-state index in [1.165, 1.54) is 17.7 Å². The first-order valence-electron chi connectivity index (χ1n) is 6.46. The van der Waals surface area contributed by atoms with Crippen LogP contribution in [0.5, 0.6) is 5.75 Å². The Labute approximate surface area is 117 Å². The molecule has 1 aromatic heterocycles. The standard InChI is InChI=1S/C15H18N2O3/c1-10-11(2)16-17(12(10)3)8-9-20-14-6-4-13(5-7-14)15(18)19/h4-7H,8-9H2,1-3H3,(H,18,19). The number of benzene rings is 1. The second-order valence-corrected chi connectivity index (χ2v) is 4.70. The van der Waals surface area contributed by atoms with Crippen molar-refractivity contribution in [3.8, 4) is 5.75 Å². The molecule has 1 heterocycles. The molecule has 0 aliphatic carbocycles. The molecule has 0 aliphatic heterocycles. The van der Waals surface area contributed by atoms with Crippen molar-refractivity contribution >= 4 is 5.97 Å². The van der Waals surface area contributed by atoms with E-state index in [1.807, 2.05) is 18.5 Å². The summed E-state index contributed by atoms with van der Waals surface area (Å²) in [5.74, 6) is -0.275. The molecule has 0 radical (unpaired) electrons. The van der Waals surface area contributed by atoms with Crippen LogP contribution in [-0.4, -0.2) is 27.5 Å². The number of hydrogen-bond acceptors (Lipinski definition) is 3. The van der Waals surface area contributed by atoms with Gasteiger partial charge >= 0.3 is 5.97 Å². The lowest BCUT2D eigenvalue weighted by Crippen LogP contribution is -2.11. The lowest BCUT2D eigenvalue weighted by atomic mass is 10.2. The maximum absolute atomic E-state index is 10.7. The normalized spacial score (nSPS) is 10.6. The summed E-state index contributed by atoms with van der Waals surface area (Å²) in [6, 6.07) is 6.39. The lowest BCUT2D eigenvalue weighted by molar-refractivity contribution is 0.0697. The number of carboxylic acid groups (broad SMARTS) is 1. The Morgan fingerprint density at radius 1 is 1.25 bits per heavy atom. The highest BCUT2D eigenvalue weighted by Gasteiger charge is 2.07. The number of aryl methyl sites for hydroxylation is 1. The van der Waals surface area contributed by atoms with Crippen LogP contribution in [0.3, 0.4) is 0 Å². The van der Waals surface area contributed by atoms with E-state index in [0.29, 0.717) is 18.9 Å². The molecule has 0 amide bonds. The van der Waals surface area contributed by atoms with Gasteiger partial charge in [-0.1, -0.05) is 0 Å². The Balaban J connectivity index is 1.92. The summed E-state index contributed by atoms with van der Waals surface area (Å²) in [5, 5.41) is 13.2. The number of carbonyl (C=O) groups is 1. The molecule has 20 heavy (non-hydrogen) atoms. The quantitative estimate of drug-likeness (QED) is 0.910. The Morgan fingerprint density at radius 2 is 1.90 bits per heavy atom. The summed E-state index contributed by atoms with van der Waals surface area (Å²) in [6.45, 7) is 7.25. The van der Waals surface area contributed by atoms with Crippen molar-refractivity contribution in [3.63, 3.8) is 0 Å². The minimum absolute atomic E-state index is 0.256. The summed E-state index contributed by atoms with van der Waals surface area (Å²) in [6.07, 6.45) is 0. The van der Waals surface area contributed by atoms with Crippen molar-refractivity contribution < 1.29 is 14.6 Å². The van der Waals surface area contributed by atoms with E-state index in [4.69, 9.17) is 9.84 Å². The molecule has 0 saturated carbocycles. The predicted octanol–water partition coefficient (Wildman–Crippen LogP) is 2.59. The highest BCUT2D eigenvalue weighted by molar-refractivity contribution is 5.87. The molecule has 2 rings (SSSR count). The summed E-state index contributed by atoms with van der Waals surface area (Å²) in [4.78, 5) is 10.7. The zero-order valence-corrected chi connectivity index (χ0v) is 11.9. The number of rotatable bonds is 5. The van der Waals surface area contributed by atoms with Crippen LogP contribution in [0.4, 0.5) is 0 Å². The number of aromatic carboxylic acids is 1. The van der Waals surface area contributed by atoms with Crippen molar-refractivity contribution in [2.75, 3.05) is 6.61 Å². The topological polar surface area (TPSA) is 64.4 Å².